The van der Waals surface area contributed by atoms with Crippen LogP contribution in [0.25, 0.3) is 22.0 Å². The number of fused-ring (bicyclic) bond motifs is 5. The van der Waals surface area contributed by atoms with Gasteiger partial charge in [-0.05, 0) is 72.4 Å². The predicted octanol–water partition coefficient (Wildman–Crippen LogP) is 4.41. The number of piperidine rings is 1. The van der Waals surface area contributed by atoms with Crippen molar-refractivity contribution < 1.29 is 17.9 Å². The highest BCUT2D eigenvalue weighted by Crippen LogP contribution is 2.35. The zero-order valence-corrected chi connectivity index (χ0v) is 22.6. The average Bonchev–Trinajstić information content (AvgIpc) is 2.96. The lowest BCUT2D eigenvalue weighted by Crippen LogP contribution is -2.39. The van der Waals surface area contributed by atoms with Crippen molar-refractivity contribution in [2.45, 2.75) is 17.7 Å². The molecule has 0 radical (unpaired) electrons. The summed E-state index contributed by atoms with van der Waals surface area (Å²) in [6, 6.07) is 17.5. The number of carbonyl (C=O) groups is 1. The standard InChI is InChI=1S/C29H29N5O4S/c1-33-17-19-10-12-34(13-11-19)28-24-15-20(6-8-25(24)30-18-31-28)21-7-9-27(38-2)26(16-21)32-39(36,37)23-5-3-4-22(14-23)29(33)35/h3-9,14-16,18-19,32H,10-13,17H2,1-2H3. The van der Waals surface area contributed by atoms with Gasteiger partial charge in [-0.3, -0.25) is 9.52 Å². The van der Waals surface area contributed by atoms with Crippen LogP contribution in [0, 0.1) is 5.92 Å². The van der Waals surface area contributed by atoms with Gasteiger partial charge in [0.25, 0.3) is 15.9 Å². The van der Waals surface area contributed by atoms with Crippen LogP contribution in [0.15, 0.2) is 71.9 Å². The molecule has 1 aromatic heterocycles. The van der Waals surface area contributed by atoms with Gasteiger partial charge in [0.05, 0.1) is 23.2 Å². The van der Waals surface area contributed by atoms with Crippen LogP contribution in [0.5, 0.6) is 5.75 Å². The van der Waals surface area contributed by atoms with E-state index in [1.807, 2.05) is 18.2 Å². The molecule has 4 aromatic rings. The fourth-order valence-electron chi connectivity index (χ4n) is 5.46. The van der Waals surface area contributed by atoms with Crippen LogP contribution in [-0.4, -0.2) is 63.0 Å². The third-order valence-electron chi connectivity index (χ3n) is 7.58. The fourth-order valence-corrected chi connectivity index (χ4v) is 6.57. The van der Waals surface area contributed by atoms with Crippen molar-refractivity contribution >= 4 is 38.3 Å². The van der Waals surface area contributed by atoms with Crippen LogP contribution in [0.1, 0.15) is 23.2 Å². The summed E-state index contributed by atoms with van der Waals surface area (Å²) in [4.78, 5) is 26.4. The third kappa shape index (κ3) is 4.76. The summed E-state index contributed by atoms with van der Waals surface area (Å²) in [5.74, 6) is 1.39. The molecule has 1 N–H and O–H groups in total. The second kappa shape index (κ2) is 9.85. The third-order valence-corrected chi connectivity index (χ3v) is 8.94. The highest BCUT2D eigenvalue weighted by Gasteiger charge is 2.26. The molecular formula is C29H29N5O4S. The van der Waals surface area contributed by atoms with Crippen LogP contribution >= 0.6 is 0 Å². The van der Waals surface area contributed by atoms with Gasteiger partial charge in [-0.25, -0.2) is 18.4 Å². The second-order valence-electron chi connectivity index (χ2n) is 10.1. The molecule has 1 fully saturated rings. The van der Waals surface area contributed by atoms with Crippen molar-refractivity contribution in [1.82, 2.24) is 14.9 Å². The molecule has 0 aliphatic carbocycles. The predicted molar refractivity (Wildman–Crippen MR) is 151 cm³/mol. The summed E-state index contributed by atoms with van der Waals surface area (Å²) >= 11 is 0. The molecule has 9 nitrogen and oxygen atoms in total. The molecule has 0 spiro atoms. The summed E-state index contributed by atoms with van der Waals surface area (Å²) < 4.78 is 35.0. The maximum atomic E-state index is 13.5. The Labute approximate surface area is 227 Å². The Morgan fingerprint density at radius 2 is 1.72 bits per heavy atom. The Balaban J connectivity index is 1.51. The smallest absolute Gasteiger partial charge is 0.262 e. The lowest BCUT2D eigenvalue weighted by molar-refractivity contribution is 0.0764. The molecule has 0 unspecified atom stereocenters. The van der Waals surface area contributed by atoms with E-state index in [0.717, 1.165) is 53.8 Å². The Kier molecular flexibility index (Phi) is 6.34. The molecule has 0 saturated carbocycles. The minimum absolute atomic E-state index is 0.00734. The zero-order valence-electron chi connectivity index (χ0n) is 21.8. The normalized spacial score (nSPS) is 17.4. The number of nitrogens with zero attached hydrogens (tertiary/aromatic N) is 4. The summed E-state index contributed by atoms with van der Waals surface area (Å²) in [5.41, 5.74) is 3.19. The number of rotatable bonds is 1. The summed E-state index contributed by atoms with van der Waals surface area (Å²) in [6.07, 6.45) is 3.44. The molecule has 8 bridgehead atoms. The maximum absolute atomic E-state index is 13.5. The molecular weight excluding hydrogens is 514 g/mol. The zero-order chi connectivity index (χ0) is 27.1. The number of hydrogen-bond donors (Lipinski definition) is 1. The van der Waals surface area contributed by atoms with Crippen molar-refractivity contribution in [2.75, 3.05) is 43.4 Å². The number of benzene rings is 3. The molecule has 3 aliphatic heterocycles. The van der Waals surface area contributed by atoms with Crippen LogP contribution in [0.4, 0.5) is 11.5 Å². The second-order valence-corrected chi connectivity index (χ2v) is 11.8. The van der Waals surface area contributed by atoms with Crippen LogP contribution < -0.4 is 14.4 Å². The van der Waals surface area contributed by atoms with Crippen LogP contribution in [-0.2, 0) is 10.0 Å². The van der Waals surface area contributed by atoms with Gasteiger partial charge in [-0.2, -0.15) is 0 Å². The van der Waals surface area contributed by atoms with Crippen LogP contribution in [0.2, 0.25) is 0 Å². The number of ether oxygens (including phenoxy) is 1. The average molecular weight is 544 g/mol. The van der Waals surface area contributed by atoms with Gasteiger partial charge in [0.15, 0.2) is 0 Å². The molecule has 3 aliphatic rings. The van der Waals surface area contributed by atoms with E-state index in [9.17, 15) is 13.2 Å². The molecule has 4 heterocycles. The van der Waals surface area contributed by atoms with Crippen molar-refractivity contribution in [1.29, 1.82) is 0 Å². The van der Waals surface area contributed by atoms with E-state index >= 15 is 0 Å². The molecule has 1 saturated heterocycles. The summed E-state index contributed by atoms with van der Waals surface area (Å²) in [6.45, 7) is 2.25. The number of sulfonamides is 1. The summed E-state index contributed by atoms with van der Waals surface area (Å²) in [7, 11) is -0.748. The number of hydrogen-bond acceptors (Lipinski definition) is 7. The Bertz CT molecular complexity index is 1680. The van der Waals surface area contributed by atoms with Gasteiger partial charge in [0.2, 0.25) is 0 Å². The molecule has 7 rings (SSSR count). The van der Waals surface area contributed by atoms with Gasteiger partial charge < -0.3 is 14.5 Å². The van der Waals surface area contributed by atoms with Gasteiger partial charge in [-0.1, -0.05) is 18.2 Å². The molecule has 200 valence electrons. The minimum atomic E-state index is -4.01. The van der Waals surface area contributed by atoms with E-state index in [-0.39, 0.29) is 10.8 Å². The molecule has 39 heavy (non-hydrogen) atoms. The number of methoxy groups -OCH3 is 1. The quantitative estimate of drug-likeness (QED) is 0.379. The first kappa shape index (κ1) is 25.1. The number of carbonyl (C=O) groups excluding carboxylic acids is 1. The number of aromatic nitrogens is 2. The van der Waals surface area contributed by atoms with E-state index < -0.39 is 10.0 Å². The molecule has 0 atom stereocenters. The number of amides is 1. The Morgan fingerprint density at radius 3 is 2.51 bits per heavy atom. The Morgan fingerprint density at radius 1 is 0.949 bits per heavy atom. The van der Waals surface area contributed by atoms with Crippen molar-refractivity contribution in [3.05, 3.63) is 72.6 Å². The largest absolute Gasteiger partial charge is 0.495 e. The lowest BCUT2D eigenvalue weighted by Gasteiger charge is -2.35. The maximum Gasteiger partial charge on any atom is 0.262 e. The topological polar surface area (TPSA) is 105 Å². The van der Waals surface area contributed by atoms with E-state index in [4.69, 9.17) is 4.74 Å². The first-order valence-electron chi connectivity index (χ1n) is 12.9. The van der Waals surface area contributed by atoms with Crippen molar-refractivity contribution in [3.8, 4) is 16.9 Å². The van der Waals surface area contributed by atoms with Crippen LogP contribution in [0.3, 0.4) is 0 Å². The summed E-state index contributed by atoms with van der Waals surface area (Å²) in [5, 5.41) is 0.938. The highest BCUT2D eigenvalue weighted by molar-refractivity contribution is 7.92. The molecule has 1 amide bonds. The lowest BCUT2D eigenvalue weighted by atomic mass is 9.95. The first-order chi connectivity index (χ1) is 18.8. The van der Waals surface area contributed by atoms with Gasteiger partial charge in [0, 0.05) is 37.6 Å². The van der Waals surface area contributed by atoms with Crippen molar-refractivity contribution in [3.63, 3.8) is 0 Å². The molecule has 3 aromatic carbocycles. The van der Waals surface area contributed by atoms with Gasteiger partial charge in [0.1, 0.15) is 17.9 Å². The van der Waals surface area contributed by atoms with Gasteiger partial charge in [-0.15, -0.1) is 0 Å². The monoisotopic (exact) mass is 543 g/mol. The van der Waals surface area contributed by atoms with Crippen molar-refractivity contribution in [2.24, 2.45) is 5.92 Å². The van der Waals surface area contributed by atoms with E-state index in [1.54, 1.807) is 42.5 Å². The van der Waals surface area contributed by atoms with E-state index in [1.165, 1.54) is 19.2 Å². The minimum Gasteiger partial charge on any atom is -0.495 e. The first-order valence-corrected chi connectivity index (χ1v) is 14.4. The van der Waals surface area contributed by atoms with E-state index in [2.05, 4.69) is 25.7 Å². The fraction of sp³-hybridized carbons (Fsp3) is 0.276. The number of anilines is 2. The van der Waals surface area contributed by atoms with Gasteiger partial charge >= 0.3 is 0 Å². The number of nitrogens with one attached hydrogen (secondary N) is 1. The Hall–Kier alpha value is -4.18. The van der Waals surface area contributed by atoms with E-state index in [0.29, 0.717) is 29.5 Å². The SMILES string of the molecule is COc1ccc2cc1NS(=O)(=O)c1cccc(c1)C(=O)N(C)CC1CCN(CC1)c1ncnc3ccc-2cc13. The molecule has 10 heteroatoms. The highest BCUT2D eigenvalue weighted by atomic mass is 32.2.